The van der Waals surface area contributed by atoms with Gasteiger partial charge in [0.05, 0.1) is 22.8 Å². The van der Waals surface area contributed by atoms with Crippen molar-refractivity contribution in [3.05, 3.63) is 126 Å². The van der Waals surface area contributed by atoms with E-state index < -0.39 is 5.97 Å². The third-order valence-electron chi connectivity index (χ3n) is 5.46. The molecule has 0 aromatic carbocycles. The van der Waals surface area contributed by atoms with Gasteiger partial charge in [-0.05, 0) is 105 Å². The zero-order chi connectivity index (χ0) is 27.5. The molecule has 0 radical (unpaired) electrons. The Labute approximate surface area is 250 Å². The fourth-order valence-electron chi connectivity index (χ4n) is 3.45. The standard InChI is InChI=1S/2C12H12N2.C7H7NO2.CH4.Os/c2*1-9-3-5-13-11(7-9)12-8-10(2)4-6-14-12;1-8-5-3-2-4-6(8)7(9)10;;/h2*3-8H,1-2H3;2-5H,1H3;1H4;/p+1. The molecule has 0 bridgehead atoms. The zero-order valence-electron chi connectivity index (χ0n) is 22.7. The predicted octanol–water partition coefficient (Wildman–Crippen LogP) is 6.36. The number of aromatic nitrogens is 5. The Morgan fingerprint density at radius 1 is 0.625 bits per heavy atom. The molecule has 0 aliphatic rings. The molecular formula is C32H36N5O2Os+. The molecule has 7 nitrogen and oxygen atoms in total. The van der Waals surface area contributed by atoms with Crippen molar-refractivity contribution in [2.24, 2.45) is 7.05 Å². The van der Waals surface area contributed by atoms with Gasteiger partial charge in [-0.15, -0.1) is 0 Å². The van der Waals surface area contributed by atoms with E-state index in [9.17, 15) is 4.79 Å². The second-order valence-electron chi connectivity index (χ2n) is 8.88. The minimum atomic E-state index is -0.900. The number of carbonyl (C=O) groups is 1. The van der Waals surface area contributed by atoms with Crippen LogP contribution in [0, 0.1) is 27.7 Å². The summed E-state index contributed by atoms with van der Waals surface area (Å²) in [5, 5.41) is 8.54. The number of hydrogen-bond acceptors (Lipinski definition) is 5. The molecule has 5 rings (SSSR count). The van der Waals surface area contributed by atoms with Crippen LogP contribution < -0.4 is 4.57 Å². The molecule has 208 valence electrons. The quantitative estimate of drug-likeness (QED) is 0.219. The molecule has 0 saturated heterocycles. The van der Waals surface area contributed by atoms with Crippen LogP contribution in [0.25, 0.3) is 22.8 Å². The van der Waals surface area contributed by atoms with E-state index in [2.05, 4.69) is 47.6 Å². The molecule has 1 N–H and O–H groups in total. The van der Waals surface area contributed by atoms with E-state index >= 15 is 0 Å². The van der Waals surface area contributed by atoms with Crippen molar-refractivity contribution in [2.75, 3.05) is 0 Å². The minimum absolute atomic E-state index is 0. The Bertz CT molecular complexity index is 1350. The number of hydrogen-bond donors (Lipinski definition) is 1. The second-order valence-corrected chi connectivity index (χ2v) is 8.88. The van der Waals surface area contributed by atoms with Gasteiger partial charge >= 0.3 is 5.97 Å². The van der Waals surface area contributed by atoms with E-state index in [1.165, 1.54) is 22.3 Å². The van der Waals surface area contributed by atoms with Crippen molar-refractivity contribution in [3.8, 4) is 22.8 Å². The second kappa shape index (κ2) is 16.7. The SMILES string of the molecule is C.C[n+]1ccccc1C(=O)O.Cc1ccnc(-c2cc(C)ccn2)c1.Cc1ccnc(-c2cc(C)ccn2)c1.[Os]. The van der Waals surface area contributed by atoms with Crippen LogP contribution in [0.3, 0.4) is 0 Å². The maximum atomic E-state index is 10.4. The molecule has 0 aliphatic carbocycles. The van der Waals surface area contributed by atoms with Gasteiger partial charge in [0.2, 0.25) is 0 Å². The summed E-state index contributed by atoms with van der Waals surface area (Å²) in [6, 6.07) is 21.2. The summed E-state index contributed by atoms with van der Waals surface area (Å²) in [4.78, 5) is 27.6. The average molecular weight is 713 g/mol. The number of aryl methyl sites for hydroxylation is 5. The van der Waals surface area contributed by atoms with Crippen molar-refractivity contribution in [1.29, 1.82) is 0 Å². The fourth-order valence-corrected chi connectivity index (χ4v) is 3.45. The van der Waals surface area contributed by atoms with Crippen molar-refractivity contribution in [2.45, 2.75) is 35.1 Å². The van der Waals surface area contributed by atoms with E-state index in [-0.39, 0.29) is 27.2 Å². The van der Waals surface area contributed by atoms with Crippen LogP contribution >= 0.6 is 0 Å². The molecular weight excluding hydrogens is 677 g/mol. The number of carboxylic acid groups (broad SMARTS) is 1. The molecule has 0 aliphatic heterocycles. The first kappa shape index (κ1) is 33.9. The maximum Gasteiger partial charge on any atom is 0.401 e. The van der Waals surface area contributed by atoms with E-state index in [1.807, 2.05) is 73.3 Å². The summed E-state index contributed by atoms with van der Waals surface area (Å²) in [6.07, 6.45) is 8.95. The van der Waals surface area contributed by atoms with E-state index in [0.717, 1.165) is 22.8 Å². The molecule has 0 unspecified atom stereocenters. The molecule has 0 fully saturated rings. The molecule has 0 saturated carbocycles. The minimum Gasteiger partial charge on any atom is -0.473 e. The van der Waals surface area contributed by atoms with Gasteiger partial charge in [-0.1, -0.05) is 7.43 Å². The summed E-state index contributed by atoms with van der Waals surface area (Å²) in [5.41, 5.74) is 8.88. The van der Waals surface area contributed by atoms with Gasteiger partial charge < -0.3 is 5.11 Å². The first-order valence-electron chi connectivity index (χ1n) is 12.1. The average Bonchev–Trinajstić information content (AvgIpc) is 2.90. The summed E-state index contributed by atoms with van der Waals surface area (Å²) < 4.78 is 1.56. The maximum absolute atomic E-state index is 10.4. The summed E-state index contributed by atoms with van der Waals surface area (Å²) >= 11 is 0. The van der Waals surface area contributed by atoms with Crippen LogP contribution in [-0.2, 0) is 26.8 Å². The Morgan fingerprint density at radius 3 is 1.18 bits per heavy atom. The van der Waals surface area contributed by atoms with E-state index in [1.54, 1.807) is 36.0 Å². The Morgan fingerprint density at radius 2 is 0.950 bits per heavy atom. The van der Waals surface area contributed by atoms with Crippen molar-refractivity contribution in [1.82, 2.24) is 19.9 Å². The molecule has 40 heavy (non-hydrogen) atoms. The van der Waals surface area contributed by atoms with Gasteiger partial charge in [-0.3, -0.25) is 19.9 Å². The molecule has 0 spiro atoms. The molecule has 0 atom stereocenters. The van der Waals surface area contributed by atoms with E-state index in [4.69, 9.17) is 5.11 Å². The predicted molar refractivity (Wildman–Crippen MR) is 155 cm³/mol. The van der Waals surface area contributed by atoms with Crippen LogP contribution in [0.1, 0.15) is 40.2 Å². The van der Waals surface area contributed by atoms with Crippen LogP contribution in [0.2, 0.25) is 0 Å². The number of nitrogens with zero attached hydrogens (tertiary/aromatic N) is 5. The smallest absolute Gasteiger partial charge is 0.401 e. The van der Waals surface area contributed by atoms with Crippen molar-refractivity contribution in [3.63, 3.8) is 0 Å². The van der Waals surface area contributed by atoms with Gasteiger partial charge in [0.1, 0.15) is 7.05 Å². The topological polar surface area (TPSA) is 92.7 Å². The van der Waals surface area contributed by atoms with Gasteiger partial charge in [0.15, 0.2) is 6.20 Å². The van der Waals surface area contributed by atoms with Crippen molar-refractivity contribution < 1.29 is 34.3 Å². The van der Waals surface area contributed by atoms with Crippen LogP contribution in [0.5, 0.6) is 0 Å². The van der Waals surface area contributed by atoms with Gasteiger partial charge in [-0.25, -0.2) is 4.79 Å². The Hall–Kier alpha value is -4.14. The van der Waals surface area contributed by atoms with E-state index in [0.29, 0.717) is 5.69 Å². The van der Waals surface area contributed by atoms with Gasteiger partial charge in [0, 0.05) is 56.7 Å². The largest absolute Gasteiger partial charge is 0.473 e. The number of pyridine rings is 5. The summed E-state index contributed by atoms with van der Waals surface area (Å²) in [6.45, 7) is 8.23. The molecule has 5 aromatic heterocycles. The number of aromatic carboxylic acids is 1. The summed E-state index contributed by atoms with van der Waals surface area (Å²) in [7, 11) is 1.70. The number of rotatable bonds is 3. The molecule has 8 heteroatoms. The zero-order valence-corrected chi connectivity index (χ0v) is 25.2. The first-order valence-corrected chi connectivity index (χ1v) is 12.1. The van der Waals surface area contributed by atoms with Crippen LogP contribution in [0.15, 0.2) is 97.7 Å². The Balaban J connectivity index is 0.000000297. The van der Waals surface area contributed by atoms with Crippen LogP contribution in [0.4, 0.5) is 0 Å². The third-order valence-corrected chi connectivity index (χ3v) is 5.46. The summed E-state index contributed by atoms with van der Waals surface area (Å²) in [5.74, 6) is -0.900. The van der Waals surface area contributed by atoms with Gasteiger partial charge in [-0.2, -0.15) is 4.57 Å². The van der Waals surface area contributed by atoms with Crippen molar-refractivity contribution >= 4 is 5.97 Å². The van der Waals surface area contributed by atoms with Crippen LogP contribution in [-0.4, -0.2) is 31.0 Å². The van der Waals surface area contributed by atoms with Gasteiger partial charge in [0.25, 0.3) is 5.69 Å². The monoisotopic (exact) mass is 714 g/mol. The molecule has 5 heterocycles. The third kappa shape index (κ3) is 10.6. The normalized spacial score (nSPS) is 9.43. The molecule has 0 amide bonds. The molecule has 5 aromatic rings. The fraction of sp³-hybridized carbons (Fsp3) is 0.188. The Kier molecular flexibility index (Phi) is 14.2. The first-order chi connectivity index (χ1) is 18.2. The number of carboxylic acids is 1.